The molecular formula is C23H31NO6. The second kappa shape index (κ2) is 8.00. The van der Waals surface area contributed by atoms with Crippen molar-refractivity contribution in [2.24, 2.45) is 17.8 Å². The number of carbonyl (C=O) groups excluding carboxylic acids is 2. The monoisotopic (exact) mass is 417 g/mol. The molecule has 0 spiro atoms. The Morgan fingerprint density at radius 3 is 1.87 bits per heavy atom. The highest BCUT2D eigenvalue weighted by Gasteiger charge is 2.51. The lowest BCUT2D eigenvalue weighted by Gasteiger charge is -2.57. The van der Waals surface area contributed by atoms with Crippen molar-refractivity contribution in [3.05, 3.63) is 17.7 Å². The third kappa shape index (κ3) is 3.82. The molecule has 30 heavy (non-hydrogen) atoms. The van der Waals surface area contributed by atoms with Gasteiger partial charge in [-0.25, -0.2) is 4.79 Å². The quantitative estimate of drug-likeness (QED) is 0.685. The lowest BCUT2D eigenvalue weighted by Crippen LogP contribution is -2.61. The van der Waals surface area contributed by atoms with E-state index in [-0.39, 0.29) is 17.0 Å². The van der Waals surface area contributed by atoms with Crippen molar-refractivity contribution in [3.63, 3.8) is 0 Å². The largest absolute Gasteiger partial charge is 0.493 e. The van der Waals surface area contributed by atoms with Crippen molar-refractivity contribution in [2.75, 3.05) is 21.3 Å². The number of rotatable bonds is 7. The maximum absolute atomic E-state index is 12.9. The van der Waals surface area contributed by atoms with Gasteiger partial charge in [-0.15, -0.1) is 0 Å². The van der Waals surface area contributed by atoms with Crippen LogP contribution in [0.15, 0.2) is 12.1 Å². The Bertz CT molecular complexity index is 775. The fourth-order valence-electron chi connectivity index (χ4n) is 6.11. The molecule has 1 amide bonds. The van der Waals surface area contributed by atoms with E-state index in [9.17, 15) is 9.59 Å². The summed E-state index contributed by atoms with van der Waals surface area (Å²) in [5.41, 5.74) is 0.123. The highest BCUT2D eigenvalue weighted by molar-refractivity contribution is 5.93. The van der Waals surface area contributed by atoms with Crippen molar-refractivity contribution in [3.8, 4) is 17.2 Å². The summed E-state index contributed by atoms with van der Waals surface area (Å²) in [6.07, 6.45) is 6.20. The van der Waals surface area contributed by atoms with Gasteiger partial charge in [0.2, 0.25) is 5.75 Å². The van der Waals surface area contributed by atoms with Gasteiger partial charge < -0.3 is 24.3 Å². The molecule has 0 saturated heterocycles. The maximum atomic E-state index is 12.9. The minimum Gasteiger partial charge on any atom is -0.493 e. The van der Waals surface area contributed by atoms with Crippen molar-refractivity contribution in [1.82, 2.24) is 5.32 Å². The number of benzene rings is 1. The molecule has 4 aliphatic rings. The van der Waals surface area contributed by atoms with E-state index in [4.69, 9.17) is 18.9 Å². The number of esters is 1. The van der Waals surface area contributed by atoms with Gasteiger partial charge in [-0.3, -0.25) is 4.79 Å². The zero-order valence-corrected chi connectivity index (χ0v) is 18.2. The summed E-state index contributed by atoms with van der Waals surface area (Å²) in [6.45, 7) is 1.62. The third-order valence-corrected chi connectivity index (χ3v) is 6.98. The van der Waals surface area contributed by atoms with Crippen LogP contribution in [0.1, 0.15) is 55.8 Å². The van der Waals surface area contributed by atoms with Crippen molar-refractivity contribution in [1.29, 1.82) is 0 Å². The highest BCUT2D eigenvalue weighted by Crippen LogP contribution is 2.55. The summed E-state index contributed by atoms with van der Waals surface area (Å²) in [4.78, 5) is 25.6. The summed E-state index contributed by atoms with van der Waals surface area (Å²) in [5.74, 6) is 2.46. The Hall–Kier alpha value is -2.44. The van der Waals surface area contributed by atoms with E-state index in [0.29, 0.717) is 17.2 Å². The second-order valence-corrected chi connectivity index (χ2v) is 9.15. The maximum Gasteiger partial charge on any atom is 0.339 e. The van der Waals surface area contributed by atoms with Crippen molar-refractivity contribution in [2.45, 2.75) is 57.1 Å². The first-order valence-electron chi connectivity index (χ1n) is 10.7. The number of amides is 1. The lowest BCUT2D eigenvalue weighted by molar-refractivity contribution is -0.134. The molecule has 4 aliphatic carbocycles. The summed E-state index contributed by atoms with van der Waals surface area (Å²) >= 11 is 0. The molecular weight excluding hydrogens is 386 g/mol. The topological polar surface area (TPSA) is 83.1 Å². The molecule has 1 atom stereocenters. The second-order valence-electron chi connectivity index (χ2n) is 9.15. The van der Waals surface area contributed by atoms with Gasteiger partial charge in [0, 0.05) is 5.54 Å². The normalized spacial score (nSPS) is 29.8. The Labute approximate surface area is 177 Å². The van der Waals surface area contributed by atoms with E-state index in [2.05, 4.69) is 5.32 Å². The molecule has 4 saturated carbocycles. The number of methoxy groups -OCH3 is 3. The number of hydrogen-bond donors (Lipinski definition) is 1. The van der Waals surface area contributed by atoms with Crippen LogP contribution < -0.4 is 19.5 Å². The number of ether oxygens (including phenoxy) is 4. The van der Waals surface area contributed by atoms with E-state index >= 15 is 0 Å². The van der Waals surface area contributed by atoms with Crippen molar-refractivity contribution >= 4 is 11.9 Å². The fourth-order valence-corrected chi connectivity index (χ4v) is 6.11. The molecule has 5 rings (SSSR count). The Kier molecular flexibility index (Phi) is 5.55. The van der Waals surface area contributed by atoms with E-state index in [1.807, 2.05) is 0 Å². The van der Waals surface area contributed by atoms with Gasteiger partial charge in [-0.05, 0) is 75.3 Å². The molecule has 1 aromatic rings. The van der Waals surface area contributed by atoms with Crippen LogP contribution in [-0.4, -0.2) is 44.8 Å². The number of nitrogens with one attached hydrogen (secondary N) is 1. The Morgan fingerprint density at radius 2 is 1.43 bits per heavy atom. The SMILES string of the molecule is COc1cc(C(=O)O[C@H](C)C(=O)NC23CC4CC(CC(C4)C2)C3)cc(OC)c1OC. The van der Waals surface area contributed by atoms with Gasteiger partial charge in [-0.1, -0.05) is 0 Å². The van der Waals surface area contributed by atoms with Crippen LogP contribution in [0, 0.1) is 17.8 Å². The standard InChI is InChI=1S/C23H31NO6/c1-13(21(25)24-23-10-14-5-15(11-23)7-16(6-14)12-23)30-22(26)17-8-18(27-2)20(29-4)19(9-17)28-3/h8-9,13-16H,5-7,10-12H2,1-4H3,(H,24,25)/t13-,14?,15?,16?,23?/m1/s1. The molecule has 0 unspecified atom stereocenters. The molecule has 164 valence electrons. The molecule has 7 heteroatoms. The van der Waals surface area contributed by atoms with Gasteiger partial charge >= 0.3 is 5.97 Å². The number of carbonyl (C=O) groups is 2. The lowest BCUT2D eigenvalue weighted by atomic mass is 9.53. The number of hydrogen-bond acceptors (Lipinski definition) is 6. The summed E-state index contributed by atoms with van der Waals surface area (Å²) < 4.78 is 21.3. The zero-order valence-electron chi connectivity index (χ0n) is 18.2. The molecule has 0 aromatic heterocycles. The smallest absolute Gasteiger partial charge is 0.339 e. The van der Waals surface area contributed by atoms with E-state index in [0.717, 1.165) is 37.0 Å². The van der Waals surface area contributed by atoms with Gasteiger partial charge in [0.15, 0.2) is 17.6 Å². The Balaban J connectivity index is 1.43. The molecule has 7 nitrogen and oxygen atoms in total. The van der Waals surface area contributed by atoms with Gasteiger partial charge in [0.25, 0.3) is 5.91 Å². The zero-order chi connectivity index (χ0) is 21.5. The van der Waals surface area contributed by atoms with Crippen molar-refractivity contribution < 1.29 is 28.5 Å². The molecule has 4 bridgehead atoms. The summed E-state index contributed by atoms with van der Waals surface area (Å²) in [6, 6.07) is 3.04. The predicted octanol–water partition coefficient (Wildman–Crippen LogP) is 3.34. The van der Waals surface area contributed by atoms with Crippen LogP contribution in [0.5, 0.6) is 17.2 Å². The van der Waals surface area contributed by atoms with Crippen LogP contribution in [-0.2, 0) is 9.53 Å². The van der Waals surface area contributed by atoms with E-state index in [1.54, 1.807) is 6.92 Å². The fraction of sp³-hybridized carbons (Fsp3) is 0.652. The van der Waals surface area contributed by atoms with Gasteiger partial charge in [-0.2, -0.15) is 0 Å². The predicted molar refractivity (Wildman–Crippen MR) is 110 cm³/mol. The summed E-state index contributed by atoms with van der Waals surface area (Å²) in [7, 11) is 4.46. The van der Waals surface area contributed by atoms with Gasteiger partial charge in [0.1, 0.15) is 0 Å². The summed E-state index contributed by atoms with van der Waals surface area (Å²) in [5, 5.41) is 3.26. The Morgan fingerprint density at radius 1 is 0.933 bits per heavy atom. The first kappa shape index (κ1) is 20.8. The minimum absolute atomic E-state index is 0.112. The van der Waals surface area contributed by atoms with Crippen LogP contribution in [0.2, 0.25) is 0 Å². The molecule has 1 N–H and O–H groups in total. The molecule has 0 aliphatic heterocycles. The molecule has 4 fully saturated rings. The van der Waals surface area contributed by atoms with Crippen LogP contribution in [0.25, 0.3) is 0 Å². The average molecular weight is 418 g/mol. The van der Waals surface area contributed by atoms with E-state index < -0.39 is 12.1 Å². The van der Waals surface area contributed by atoms with Crippen LogP contribution in [0.3, 0.4) is 0 Å². The highest BCUT2D eigenvalue weighted by atomic mass is 16.5. The minimum atomic E-state index is -0.885. The van der Waals surface area contributed by atoms with Crippen LogP contribution in [0.4, 0.5) is 0 Å². The molecule has 1 aromatic carbocycles. The molecule has 0 radical (unpaired) electrons. The van der Waals surface area contributed by atoms with Crippen LogP contribution >= 0.6 is 0 Å². The first-order valence-corrected chi connectivity index (χ1v) is 10.7. The molecule has 0 heterocycles. The van der Waals surface area contributed by atoms with Gasteiger partial charge in [0.05, 0.1) is 26.9 Å². The average Bonchev–Trinajstić information content (AvgIpc) is 2.70. The first-order chi connectivity index (χ1) is 14.4. The third-order valence-electron chi connectivity index (χ3n) is 6.98. The van der Waals surface area contributed by atoms with E-state index in [1.165, 1.54) is 52.7 Å².